The van der Waals surface area contributed by atoms with Crippen LogP contribution in [0.3, 0.4) is 0 Å². The molecular formula is C14H20N2O5. The van der Waals surface area contributed by atoms with Crippen LogP contribution in [-0.2, 0) is 16.1 Å². The van der Waals surface area contributed by atoms with E-state index in [-0.39, 0.29) is 24.7 Å². The van der Waals surface area contributed by atoms with Gasteiger partial charge in [0.05, 0.1) is 11.5 Å². The summed E-state index contributed by atoms with van der Waals surface area (Å²) in [6.45, 7) is 6.13. The van der Waals surface area contributed by atoms with Crippen LogP contribution in [0.25, 0.3) is 0 Å². The minimum atomic E-state index is -0.558. The Morgan fingerprint density at radius 2 is 2.14 bits per heavy atom. The van der Waals surface area contributed by atoms with Crippen LogP contribution in [0.4, 0.5) is 5.69 Å². The average molecular weight is 296 g/mol. The van der Waals surface area contributed by atoms with Gasteiger partial charge < -0.3 is 14.8 Å². The van der Waals surface area contributed by atoms with Gasteiger partial charge in [-0.3, -0.25) is 10.1 Å². The zero-order chi connectivity index (χ0) is 15.8. The highest BCUT2D eigenvalue weighted by Crippen LogP contribution is 2.28. The van der Waals surface area contributed by atoms with Crippen LogP contribution in [0.5, 0.6) is 5.75 Å². The van der Waals surface area contributed by atoms with Crippen LogP contribution in [0.15, 0.2) is 18.2 Å². The Balaban J connectivity index is 2.83. The Morgan fingerprint density at radius 1 is 1.43 bits per heavy atom. The number of ether oxygens (including phenoxy) is 2. The highest BCUT2D eigenvalue weighted by Gasteiger charge is 2.17. The van der Waals surface area contributed by atoms with E-state index in [0.29, 0.717) is 12.6 Å². The number of benzene rings is 1. The zero-order valence-electron chi connectivity index (χ0n) is 12.4. The summed E-state index contributed by atoms with van der Waals surface area (Å²) >= 11 is 0. The molecule has 7 heteroatoms. The molecule has 0 radical (unpaired) electrons. The molecule has 0 aliphatic heterocycles. The van der Waals surface area contributed by atoms with E-state index in [9.17, 15) is 14.9 Å². The molecule has 0 saturated carbocycles. The molecule has 1 rings (SSSR count). The number of hydrogen-bond acceptors (Lipinski definition) is 6. The van der Waals surface area contributed by atoms with Crippen LogP contribution in [-0.4, -0.2) is 30.1 Å². The van der Waals surface area contributed by atoms with Crippen molar-refractivity contribution in [2.45, 2.75) is 33.4 Å². The summed E-state index contributed by atoms with van der Waals surface area (Å²) < 4.78 is 9.94. The number of nitro groups is 1. The van der Waals surface area contributed by atoms with Crippen molar-refractivity contribution in [1.29, 1.82) is 0 Å². The maximum atomic E-state index is 11.3. The molecule has 0 aliphatic rings. The van der Waals surface area contributed by atoms with Gasteiger partial charge in [-0.25, -0.2) is 4.79 Å². The summed E-state index contributed by atoms with van der Waals surface area (Å²) in [5.74, 6) is -0.492. The van der Waals surface area contributed by atoms with Crippen molar-refractivity contribution in [3.63, 3.8) is 0 Å². The van der Waals surface area contributed by atoms with Gasteiger partial charge in [0.25, 0.3) is 0 Å². The third-order valence-corrected chi connectivity index (χ3v) is 2.59. The number of carbonyl (C=O) groups excluding carboxylic acids is 1. The van der Waals surface area contributed by atoms with Crippen LogP contribution in [0.2, 0.25) is 0 Å². The van der Waals surface area contributed by atoms with Gasteiger partial charge in [0.2, 0.25) is 0 Å². The first kappa shape index (κ1) is 16.9. The molecule has 0 amide bonds. The summed E-state index contributed by atoms with van der Waals surface area (Å²) in [6, 6.07) is 4.89. The third-order valence-electron chi connectivity index (χ3n) is 2.59. The second kappa shape index (κ2) is 8.21. The van der Waals surface area contributed by atoms with Crippen molar-refractivity contribution < 1.29 is 19.2 Å². The van der Waals surface area contributed by atoms with Crippen molar-refractivity contribution in [1.82, 2.24) is 5.32 Å². The first-order chi connectivity index (χ1) is 9.93. The molecule has 0 saturated heterocycles. The third kappa shape index (κ3) is 5.78. The Kier molecular flexibility index (Phi) is 6.61. The van der Waals surface area contributed by atoms with E-state index < -0.39 is 10.9 Å². The number of hydrogen-bond donors (Lipinski definition) is 1. The van der Waals surface area contributed by atoms with Gasteiger partial charge >= 0.3 is 11.7 Å². The predicted octanol–water partition coefficient (Wildman–Crippen LogP) is 2.03. The lowest BCUT2D eigenvalue weighted by Gasteiger charge is -2.10. The van der Waals surface area contributed by atoms with Crippen molar-refractivity contribution in [3.8, 4) is 5.75 Å². The summed E-state index contributed by atoms with van der Waals surface area (Å²) in [5.41, 5.74) is 0.667. The number of esters is 1. The van der Waals surface area contributed by atoms with Gasteiger partial charge in [-0.15, -0.1) is 0 Å². The second-order valence-electron chi connectivity index (χ2n) is 4.69. The monoisotopic (exact) mass is 296 g/mol. The van der Waals surface area contributed by atoms with Crippen LogP contribution in [0, 0.1) is 10.1 Å². The van der Waals surface area contributed by atoms with E-state index in [4.69, 9.17) is 9.47 Å². The van der Waals surface area contributed by atoms with Crippen molar-refractivity contribution in [2.24, 2.45) is 0 Å². The normalized spacial score (nSPS) is 10.5. The molecule has 21 heavy (non-hydrogen) atoms. The van der Waals surface area contributed by atoms with Gasteiger partial charge in [0.15, 0.2) is 12.4 Å². The first-order valence-corrected chi connectivity index (χ1v) is 6.73. The standard InChI is InChI=1S/C14H20N2O5/c1-4-20-14(17)9-21-13-7-11(8-15-10(2)3)5-6-12(13)16(18)19/h5-7,10,15H,4,8-9H2,1-3H3. The van der Waals surface area contributed by atoms with Crippen LogP contribution < -0.4 is 10.1 Å². The smallest absolute Gasteiger partial charge is 0.344 e. The quantitative estimate of drug-likeness (QED) is 0.448. The van der Waals surface area contributed by atoms with Crippen molar-refractivity contribution >= 4 is 11.7 Å². The predicted molar refractivity (Wildman–Crippen MR) is 77.2 cm³/mol. The highest BCUT2D eigenvalue weighted by atomic mass is 16.6. The van der Waals surface area contributed by atoms with Crippen molar-refractivity contribution in [3.05, 3.63) is 33.9 Å². The SMILES string of the molecule is CCOC(=O)COc1cc(CNC(C)C)ccc1[N+](=O)[O-]. The number of nitrogens with one attached hydrogen (secondary N) is 1. The summed E-state index contributed by atoms with van der Waals surface area (Å²) in [6.07, 6.45) is 0. The summed E-state index contributed by atoms with van der Waals surface area (Å²) in [4.78, 5) is 21.7. The van der Waals surface area contributed by atoms with Gasteiger partial charge in [-0.05, 0) is 18.6 Å². The molecule has 0 unspecified atom stereocenters. The highest BCUT2D eigenvalue weighted by molar-refractivity contribution is 5.71. The minimum absolute atomic E-state index is 0.0658. The molecule has 116 valence electrons. The lowest BCUT2D eigenvalue weighted by atomic mass is 10.2. The molecule has 0 aromatic heterocycles. The Labute approximate surface area is 123 Å². The molecule has 0 spiro atoms. The van der Waals surface area contributed by atoms with E-state index in [1.54, 1.807) is 19.1 Å². The maximum absolute atomic E-state index is 11.3. The Hall–Kier alpha value is -2.15. The minimum Gasteiger partial charge on any atom is -0.475 e. The Bertz CT molecular complexity index is 502. The molecule has 0 heterocycles. The molecule has 1 N–H and O–H groups in total. The lowest BCUT2D eigenvalue weighted by Crippen LogP contribution is -2.22. The molecule has 0 aliphatic carbocycles. The van der Waals surface area contributed by atoms with E-state index in [2.05, 4.69) is 5.32 Å². The van der Waals surface area contributed by atoms with Gasteiger partial charge in [0, 0.05) is 18.7 Å². The second-order valence-corrected chi connectivity index (χ2v) is 4.69. The average Bonchev–Trinajstić information content (AvgIpc) is 2.43. The fraction of sp³-hybridized carbons (Fsp3) is 0.500. The first-order valence-electron chi connectivity index (χ1n) is 6.73. The van der Waals surface area contributed by atoms with Crippen LogP contribution >= 0.6 is 0 Å². The number of nitrogens with zero attached hydrogens (tertiary/aromatic N) is 1. The molecule has 1 aromatic rings. The largest absolute Gasteiger partial charge is 0.475 e. The van der Waals surface area contributed by atoms with Gasteiger partial charge in [0.1, 0.15) is 0 Å². The molecule has 0 bridgehead atoms. The molecule has 0 fully saturated rings. The summed E-state index contributed by atoms with van der Waals surface area (Å²) in [5, 5.41) is 14.2. The maximum Gasteiger partial charge on any atom is 0.344 e. The lowest BCUT2D eigenvalue weighted by molar-refractivity contribution is -0.385. The van der Waals surface area contributed by atoms with E-state index in [0.717, 1.165) is 5.56 Å². The molecule has 7 nitrogen and oxygen atoms in total. The number of carbonyl (C=O) groups is 1. The number of nitro benzene ring substituents is 1. The van der Waals surface area contributed by atoms with Crippen molar-refractivity contribution in [2.75, 3.05) is 13.2 Å². The fourth-order valence-electron chi connectivity index (χ4n) is 1.60. The van der Waals surface area contributed by atoms with E-state index >= 15 is 0 Å². The zero-order valence-corrected chi connectivity index (χ0v) is 12.4. The van der Waals surface area contributed by atoms with E-state index in [1.807, 2.05) is 13.8 Å². The topological polar surface area (TPSA) is 90.7 Å². The van der Waals surface area contributed by atoms with Gasteiger partial charge in [-0.2, -0.15) is 0 Å². The van der Waals surface area contributed by atoms with Gasteiger partial charge in [-0.1, -0.05) is 19.9 Å². The number of rotatable bonds is 8. The van der Waals surface area contributed by atoms with Crippen LogP contribution in [0.1, 0.15) is 26.3 Å². The molecule has 1 aromatic carbocycles. The molecular weight excluding hydrogens is 276 g/mol. The summed E-state index contributed by atoms with van der Waals surface area (Å²) in [7, 11) is 0. The Morgan fingerprint density at radius 3 is 2.71 bits per heavy atom. The molecule has 0 atom stereocenters. The van der Waals surface area contributed by atoms with E-state index in [1.165, 1.54) is 6.07 Å². The fourth-order valence-corrected chi connectivity index (χ4v) is 1.60.